The van der Waals surface area contributed by atoms with Gasteiger partial charge in [0.15, 0.2) is 5.96 Å². The average Bonchev–Trinajstić information content (AvgIpc) is 3.18. The van der Waals surface area contributed by atoms with Gasteiger partial charge in [-0.15, -0.1) is 0 Å². The van der Waals surface area contributed by atoms with Gasteiger partial charge in [0.2, 0.25) is 0 Å². The number of fused-ring (bicyclic) bond motifs is 1. The molecule has 0 fully saturated rings. The fraction of sp³-hybridized carbons (Fsp3) is 0.235. The number of rotatable bonds is 5. The van der Waals surface area contributed by atoms with Crippen molar-refractivity contribution in [3.8, 4) is 0 Å². The molecule has 3 rings (SSSR count). The standard InChI is InChI=1S/C17H19N3OS/c1-2-18-17(19-10-13-7-8-22-12-13)20-11-15-9-14-5-3-4-6-16(14)21-15/h3-9,12H,2,10-11H2,1H3,(H2,18,19,20). The summed E-state index contributed by atoms with van der Waals surface area (Å²) < 4.78 is 5.80. The highest BCUT2D eigenvalue weighted by Crippen LogP contribution is 2.18. The molecule has 5 heteroatoms. The van der Waals surface area contributed by atoms with E-state index in [0.717, 1.165) is 29.2 Å². The number of thiophene rings is 1. The highest BCUT2D eigenvalue weighted by Gasteiger charge is 2.04. The van der Waals surface area contributed by atoms with Crippen LogP contribution in [-0.4, -0.2) is 12.5 Å². The van der Waals surface area contributed by atoms with Crippen LogP contribution in [0.4, 0.5) is 0 Å². The first-order valence-corrected chi connectivity index (χ1v) is 8.30. The van der Waals surface area contributed by atoms with E-state index >= 15 is 0 Å². The fourth-order valence-corrected chi connectivity index (χ4v) is 2.85. The lowest BCUT2D eigenvalue weighted by molar-refractivity contribution is 0.538. The lowest BCUT2D eigenvalue weighted by Gasteiger charge is -2.09. The third kappa shape index (κ3) is 3.68. The first kappa shape index (κ1) is 14.7. The maximum atomic E-state index is 5.80. The summed E-state index contributed by atoms with van der Waals surface area (Å²) in [6, 6.07) is 12.2. The molecule has 0 unspecified atom stereocenters. The van der Waals surface area contributed by atoms with Crippen LogP contribution in [0.2, 0.25) is 0 Å². The molecule has 0 spiro atoms. The van der Waals surface area contributed by atoms with E-state index in [1.54, 1.807) is 11.3 Å². The molecule has 0 saturated carbocycles. The van der Waals surface area contributed by atoms with Crippen molar-refractivity contribution >= 4 is 28.3 Å². The van der Waals surface area contributed by atoms with E-state index in [9.17, 15) is 0 Å². The van der Waals surface area contributed by atoms with Gasteiger partial charge in [-0.3, -0.25) is 0 Å². The summed E-state index contributed by atoms with van der Waals surface area (Å²) >= 11 is 1.69. The smallest absolute Gasteiger partial charge is 0.191 e. The predicted octanol–water partition coefficient (Wildman–Crippen LogP) is 3.75. The molecular formula is C17H19N3OS. The molecular weight excluding hydrogens is 294 g/mol. The number of guanidine groups is 1. The van der Waals surface area contributed by atoms with E-state index in [1.165, 1.54) is 5.56 Å². The molecule has 22 heavy (non-hydrogen) atoms. The summed E-state index contributed by atoms with van der Waals surface area (Å²) in [7, 11) is 0. The van der Waals surface area contributed by atoms with Crippen molar-refractivity contribution in [2.24, 2.45) is 4.99 Å². The van der Waals surface area contributed by atoms with E-state index in [4.69, 9.17) is 4.42 Å². The van der Waals surface area contributed by atoms with Crippen molar-refractivity contribution < 1.29 is 4.42 Å². The maximum Gasteiger partial charge on any atom is 0.191 e. The van der Waals surface area contributed by atoms with Crippen LogP contribution in [0, 0.1) is 0 Å². The maximum absolute atomic E-state index is 5.80. The molecule has 0 amide bonds. The van der Waals surface area contributed by atoms with Gasteiger partial charge in [0.25, 0.3) is 0 Å². The third-order valence-corrected chi connectivity index (χ3v) is 3.98. The second kappa shape index (κ2) is 7.13. The fourth-order valence-electron chi connectivity index (χ4n) is 2.19. The van der Waals surface area contributed by atoms with Crippen molar-refractivity contribution in [2.45, 2.75) is 20.0 Å². The highest BCUT2D eigenvalue weighted by atomic mass is 32.1. The lowest BCUT2D eigenvalue weighted by Crippen LogP contribution is -2.36. The molecule has 4 nitrogen and oxygen atoms in total. The molecule has 2 N–H and O–H groups in total. The second-order valence-electron chi connectivity index (χ2n) is 4.93. The minimum Gasteiger partial charge on any atom is -0.459 e. The molecule has 0 bridgehead atoms. The number of nitrogens with zero attached hydrogens (tertiary/aromatic N) is 1. The van der Waals surface area contributed by atoms with Gasteiger partial charge in [0.05, 0.1) is 13.1 Å². The normalized spacial score (nSPS) is 11.8. The zero-order valence-corrected chi connectivity index (χ0v) is 13.3. The van der Waals surface area contributed by atoms with Gasteiger partial charge in [-0.2, -0.15) is 11.3 Å². The summed E-state index contributed by atoms with van der Waals surface area (Å²) in [5, 5.41) is 11.9. The molecule has 0 aliphatic carbocycles. The van der Waals surface area contributed by atoms with Crippen molar-refractivity contribution in [3.05, 3.63) is 58.5 Å². The van der Waals surface area contributed by atoms with Crippen LogP contribution in [0.15, 0.2) is 56.6 Å². The van der Waals surface area contributed by atoms with E-state index < -0.39 is 0 Å². The Morgan fingerprint density at radius 2 is 2.14 bits per heavy atom. The molecule has 2 aromatic heterocycles. The van der Waals surface area contributed by atoms with Crippen LogP contribution >= 0.6 is 11.3 Å². The van der Waals surface area contributed by atoms with Gasteiger partial charge in [-0.05, 0) is 41.4 Å². The van der Waals surface area contributed by atoms with E-state index in [1.807, 2.05) is 18.2 Å². The minimum absolute atomic E-state index is 0.615. The molecule has 0 saturated heterocycles. The number of benzene rings is 1. The van der Waals surface area contributed by atoms with Gasteiger partial charge in [-0.25, -0.2) is 4.99 Å². The number of furan rings is 1. The van der Waals surface area contributed by atoms with E-state index in [0.29, 0.717) is 13.1 Å². The Bertz CT molecular complexity index is 713. The third-order valence-electron chi connectivity index (χ3n) is 3.25. The topological polar surface area (TPSA) is 49.6 Å². The number of hydrogen-bond acceptors (Lipinski definition) is 3. The number of nitrogens with one attached hydrogen (secondary N) is 2. The Hall–Kier alpha value is -2.27. The number of para-hydroxylation sites is 1. The lowest BCUT2D eigenvalue weighted by atomic mass is 10.2. The van der Waals surface area contributed by atoms with Crippen LogP contribution in [-0.2, 0) is 13.1 Å². The first-order chi connectivity index (χ1) is 10.8. The van der Waals surface area contributed by atoms with Crippen LogP contribution in [0.5, 0.6) is 0 Å². The van der Waals surface area contributed by atoms with Crippen molar-refractivity contribution in [1.82, 2.24) is 10.6 Å². The SMILES string of the molecule is CCNC(=NCc1ccsc1)NCc1cc2ccccc2o1. The van der Waals surface area contributed by atoms with Gasteiger partial charge < -0.3 is 15.1 Å². The summed E-state index contributed by atoms with van der Waals surface area (Å²) in [5.41, 5.74) is 2.14. The summed E-state index contributed by atoms with van der Waals surface area (Å²) in [6.45, 7) is 4.18. The van der Waals surface area contributed by atoms with Gasteiger partial charge in [0, 0.05) is 11.9 Å². The molecule has 3 aromatic rings. The van der Waals surface area contributed by atoms with Crippen molar-refractivity contribution in [3.63, 3.8) is 0 Å². The quantitative estimate of drug-likeness (QED) is 0.557. The van der Waals surface area contributed by atoms with E-state index in [-0.39, 0.29) is 0 Å². The molecule has 114 valence electrons. The Morgan fingerprint density at radius 1 is 1.23 bits per heavy atom. The van der Waals surface area contributed by atoms with Gasteiger partial charge >= 0.3 is 0 Å². The van der Waals surface area contributed by atoms with Gasteiger partial charge in [-0.1, -0.05) is 18.2 Å². The van der Waals surface area contributed by atoms with Gasteiger partial charge in [0.1, 0.15) is 11.3 Å². The summed E-state index contributed by atoms with van der Waals surface area (Å²) in [4.78, 5) is 4.58. The molecule has 0 atom stereocenters. The number of hydrogen-bond donors (Lipinski definition) is 2. The Labute approximate surface area is 133 Å². The van der Waals surface area contributed by atoms with Crippen LogP contribution in [0.3, 0.4) is 0 Å². The van der Waals surface area contributed by atoms with E-state index in [2.05, 4.69) is 51.5 Å². The van der Waals surface area contributed by atoms with Crippen molar-refractivity contribution in [2.75, 3.05) is 6.54 Å². The summed E-state index contributed by atoms with van der Waals surface area (Å²) in [6.07, 6.45) is 0. The minimum atomic E-state index is 0.615. The zero-order chi connectivity index (χ0) is 15.2. The van der Waals surface area contributed by atoms with Crippen LogP contribution < -0.4 is 10.6 Å². The Kier molecular flexibility index (Phi) is 4.75. The second-order valence-corrected chi connectivity index (χ2v) is 5.71. The Balaban J connectivity index is 1.64. The number of aliphatic imine (C=N–C) groups is 1. The van der Waals surface area contributed by atoms with Crippen molar-refractivity contribution in [1.29, 1.82) is 0 Å². The van der Waals surface area contributed by atoms with Crippen LogP contribution in [0.25, 0.3) is 11.0 Å². The molecule has 1 aromatic carbocycles. The predicted molar refractivity (Wildman–Crippen MR) is 92.2 cm³/mol. The largest absolute Gasteiger partial charge is 0.459 e. The average molecular weight is 313 g/mol. The molecule has 0 radical (unpaired) electrons. The zero-order valence-electron chi connectivity index (χ0n) is 12.5. The van der Waals surface area contributed by atoms with Crippen LogP contribution in [0.1, 0.15) is 18.2 Å². The first-order valence-electron chi connectivity index (χ1n) is 7.36. The monoisotopic (exact) mass is 313 g/mol. The molecule has 0 aliphatic rings. The molecule has 0 aliphatic heterocycles. The summed E-state index contributed by atoms with van der Waals surface area (Å²) in [5.74, 6) is 1.71. The molecule has 2 heterocycles. The highest BCUT2D eigenvalue weighted by molar-refractivity contribution is 7.07. The Morgan fingerprint density at radius 3 is 2.91 bits per heavy atom.